The molecule has 0 aliphatic carbocycles. The summed E-state index contributed by atoms with van der Waals surface area (Å²) in [7, 11) is 1.13. The molecule has 0 spiro atoms. The van der Waals surface area contributed by atoms with E-state index in [0.717, 1.165) is 19.2 Å². The number of halogens is 3. The third-order valence-electron chi connectivity index (χ3n) is 1.46. The summed E-state index contributed by atoms with van der Waals surface area (Å²) in [5, 5.41) is -1.09. The molecule has 2 nitrogen and oxygen atoms in total. The zero-order valence-electron chi connectivity index (χ0n) is 6.61. The molecule has 0 saturated carbocycles. The van der Waals surface area contributed by atoms with Crippen LogP contribution in [0.3, 0.4) is 0 Å². The Kier molecular flexibility index (Phi) is 2.83. The second-order valence-corrected chi connectivity index (χ2v) is 2.55. The molecule has 0 saturated heterocycles. The fourth-order valence-electron chi connectivity index (χ4n) is 0.916. The smallest absolute Gasteiger partial charge is 0.259 e. The van der Waals surface area contributed by atoms with E-state index in [0.29, 0.717) is 0 Å². The molecule has 0 unspecified atom stereocenters. The van der Waals surface area contributed by atoms with Gasteiger partial charge in [-0.15, -0.1) is 0 Å². The molecule has 1 aromatic carbocycles. The third-order valence-corrected chi connectivity index (χ3v) is 1.65. The lowest BCUT2D eigenvalue weighted by atomic mass is 10.2. The highest BCUT2D eigenvalue weighted by atomic mass is 35.5. The van der Waals surface area contributed by atoms with Crippen molar-refractivity contribution in [2.24, 2.45) is 0 Å². The van der Waals surface area contributed by atoms with Crippen molar-refractivity contribution in [1.29, 1.82) is 0 Å². The van der Waals surface area contributed by atoms with Crippen molar-refractivity contribution < 1.29 is 18.3 Å². The molecule has 0 heterocycles. The van der Waals surface area contributed by atoms with E-state index in [1.807, 2.05) is 0 Å². The summed E-state index contributed by atoms with van der Waals surface area (Å²) in [6.45, 7) is 0. The van der Waals surface area contributed by atoms with E-state index in [1.165, 1.54) is 0 Å². The summed E-state index contributed by atoms with van der Waals surface area (Å²) in [6.07, 6.45) is 0. The molecule has 70 valence electrons. The van der Waals surface area contributed by atoms with Crippen LogP contribution in [0.1, 0.15) is 10.4 Å². The minimum Gasteiger partial charge on any atom is -0.493 e. The quantitative estimate of drug-likeness (QED) is 0.695. The van der Waals surface area contributed by atoms with Crippen molar-refractivity contribution in [1.82, 2.24) is 0 Å². The number of rotatable bonds is 2. The second kappa shape index (κ2) is 3.70. The maximum absolute atomic E-state index is 12.9. The molecule has 13 heavy (non-hydrogen) atoms. The summed E-state index contributed by atoms with van der Waals surface area (Å²) in [5.41, 5.74) is -0.579. The largest absolute Gasteiger partial charge is 0.493 e. The van der Waals surface area contributed by atoms with Gasteiger partial charge in [-0.2, -0.15) is 0 Å². The number of carbonyl (C=O) groups is 1. The number of carbonyl (C=O) groups excluding carboxylic acids is 1. The van der Waals surface area contributed by atoms with E-state index in [2.05, 4.69) is 4.74 Å². The van der Waals surface area contributed by atoms with Crippen LogP contribution in [0.25, 0.3) is 0 Å². The first-order valence-corrected chi connectivity index (χ1v) is 3.67. The van der Waals surface area contributed by atoms with Gasteiger partial charge in [0.15, 0.2) is 11.6 Å². The first-order valence-electron chi connectivity index (χ1n) is 3.29. The molecule has 0 amide bonds. The summed E-state index contributed by atoms with van der Waals surface area (Å²) in [5.74, 6) is -2.20. The Morgan fingerprint density at radius 2 is 1.92 bits per heavy atom. The molecule has 0 aliphatic rings. The molecule has 1 rings (SSSR count). The summed E-state index contributed by atoms with van der Waals surface area (Å²) >= 11 is 5.04. The number of methoxy groups -OCH3 is 1. The van der Waals surface area contributed by atoms with Crippen LogP contribution in [0.5, 0.6) is 5.75 Å². The lowest BCUT2D eigenvalue weighted by Crippen LogP contribution is -2.01. The summed E-state index contributed by atoms with van der Waals surface area (Å²) in [4.78, 5) is 10.7. The van der Waals surface area contributed by atoms with Crippen LogP contribution >= 0.6 is 11.6 Å². The molecule has 0 atom stereocenters. The molecule has 5 heteroatoms. The number of benzene rings is 1. The molecule has 1 aromatic rings. The molecule has 0 fully saturated rings. The average molecular weight is 207 g/mol. The lowest BCUT2D eigenvalue weighted by Gasteiger charge is -2.05. The summed E-state index contributed by atoms with van der Waals surface area (Å²) < 4.78 is 30.3. The van der Waals surface area contributed by atoms with Gasteiger partial charge in [0.2, 0.25) is 0 Å². The number of ether oxygens (including phenoxy) is 1. The Morgan fingerprint density at radius 1 is 1.38 bits per heavy atom. The van der Waals surface area contributed by atoms with E-state index >= 15 is 0 Å². The standard InChI is InChI=1S/C8H5ClF2O2/c1-13-7-5(11)3-2-4(10)6(7)8(9)12/h2-3H,1H3. The molecule has 0 bridgehead atoms. The van der Waals surface area contributed by atoms with Gasteiger partial charge in [-0.3, -0.25) is 4.79 Å². The van der Waals surface area contributed by atoms with Crippen LogP contribution in [0.2, 0.25) is 0 Å². The molecule has 0 N–H and O–H groups in total. The molecular formula is C8H5ClF2O2. The fourth-order valence-corrected chi connectivity index (χ4v) is 1.09. The van der Waals surface area contributed by atoms with Crippen molar-refractivity contribution in [3.05, 3.63) is 29.3 Å². The maximum Gasteiger partial charge on any atom is 0.259 e. The van der Waals surface area contributed by atoms with Gasteiger partial charge >= 0.3 is 0 Å². The van der Waals surface area contributed by atoms with Crippen LogP contribution in [0.15, 0.2) is 12.1 Å². The monoisotopic (exact) mass is 206 g/mol. The van der Waals surface area contributed by atoms with Crippen LogP contribution in [-0.2, 0) is 0 Å². The second-order valence-electron chi connectivity index (χ2n) is 2.21. The fraction of sp³-hybridized carbons (Fsp3) is 0.125. The van der Waals surface area contributed by atoms with E-state index in [-0.39, 0.29) is 0 Å². The Balaban J connectivity index is 3.43. The Morgan fingerprint density at radius 3 is 2.31 bits per heavy atom. The third kappa shape index (κ3) is 1.78. The zero-order valence-corrected chi connectivity index (χ0v) is 7.36. The highest BCUT2D eigenvalue weighted by molar-refractivity contribution is 6.68. The van der Waals surface area contributed by atoms with Crippen LogP contribution in [0.4, 0.5) is 8.78 Å². The minimum absolute atomic E-state index is 0.472. The number of hydrogen-bond donors (Lipinski definition) is 0. The minimum atomic E-state index is -1.09. The van der Waals surface area contributed by atoms with Crippen molar-refractivity contribution in [2.75, 3.05) is 7.11 Å². The average Bonchev–Trinajstić information content (AvgIpc) is 2.07. The topological polar surface area (TPSA) is 26.3 Å². The van der Waals surface area contributed by atoms with Crippen molar-refractivity contribution >= 4 is 16.8 Å². The first kappa shape index (κ1) is 9.92. The highest BCUT2D eigenvalue weighted by Gasteiger charge is 2.19. The van der Waals surface area contributed by atoms with Gasteiger partial charge in [0, 0.05) is 0 Å². The molecule has 0 aromatic heterocycles. The predicted octanol–water partition coefficient (Wildman–Crippen LogP) is 2.35. The zero-order chi connectivity index (χ0) is 10.0. The van der Waals surface area contributed by atoms with E-state index in [1.54, 1.807) is 0 Å². The molecule has 0 radical (unpaired) electrons. The molecular weight excluding hydrogens is 202 g/mol. The lowest BCUT2D eigenvalue weighted by molar-refractivity contribution is 0.107. The first-order chi connectivity index (χ1) is 6.07. The van der Waals surface area contributed by atoms with Crippen LogP contribution in [0, 0.1) is 11.6 Å². The Bertz CT molecular complexity index is 352. The van der Waals surface area contributed by atoms with Gasteiger partial charge in [0.25, 0.3) is 5.24 Å². The normalized spacial score (nSPS) is 9.85. The Hall–Kier alpha value is -1.16. The van der Waals surface area contributed by atoms with Crippen molar-refractivity contribution in [3.8, 4) is 5.75 Å². The van der Waals surface area contributed by atoms with E-state index in [4.69, 9.17) is 11.6 Å². The van der Waals surface area contributed by atoms with Gasteiger partial charge in [0.05, 0.1) is 7.11 Å². The maximum atomic E-state index is 12.9. The SMILES string of the molecule is COc1c(F)ccc(F)c1C(=O)Cl. The van der Waals surface area contributed by atoms with Gasteiger partial charge in [0.1, 0.15) is 11.4 Å². The molecule has 0 aliphatic heterocycles. The highest BCUT2D eigenvalue weighted by Crippen LogP contribution is 2.26. The van der Waals surface area contributed by atoms with Gasteiger partial charge in [-0.05, 0) is 23.7 Å². The van der Waals surface area contributed by atoms with E-state index in [9.17, 15) is 13.6 Å². The van der Waals surface area contributed by atoms with Crippen LogP contribution < -0.4 is 4.74 Å². The Labute approximate surface area is 78.1 Å². The predicted molar refractivity (Wildman–Crippen MR) is 43.1 cm³/mol. The van der Waals surface area contributed by atoms with Gasteiger partial charge in [-0.25, -0.2) is 8.78 Å². The van der Waals surface area contributed by atoms with Crippen LogP contribution in [-0.4, -0.2) is 12.4 Å². The summed E-state index contributed by atoms with van der Waals surface area (Å²) in [6, 6.07) is 1.67. The van der Waals surface area contributed by atoms with Gasteiger partial charge in [-0.1, -0.05) is 0 Å². The van der Waals surface area contributed by atoms with Gasteiger partial charge < -0.3 is 4.74 Å². The van der Waals surface area contributed by atoms with Crippen molar-refractivity contribution in [3.63, 3.8) is 0 Å². The van der Waals surface area contributed by atoms with E-state index < -0.39 is 28.2 Å². The number of hydrogen-bond acceptors (Lipinski definition) is 2. The van der Waals surface area contributed by atoms with Crippen molar-refractivity contribution in [2.45, 2.75) is 0 Å².